The van der Waals surface area contributed by atoms with Gasteiger partial charge in [0.2, 0.25) is 5.91 Å². The maximum Gasteiger partial charge on any atom is 0.387 e. The van der Waals surface area contributed by atoms with Crippen molar-refractivity contribution < 1.29 is 18.3 Å². The van der Waals surface area contributed by atoms with Crippen molar-refractivity contribution in [3.8, 4) is 5.75 Å². The molecule has 1 aromatic rings. The summed E-state index contributed by atoms with van der Waals surface area (Å²) in [7, 11) is 0. The molecular formula is C14H18F2N2O2. The zero-order valence-corrected chi connectivity index (χ0v) is 11.2. The van der Waals surface area contributed by atoms with Crippen LogP contribution in [-0.2, 0) is 11.3 Å². The van der Waals surface area contributed by atoms with E-state index in [1.165, 1.54) is 12.1 Å². The lowest BCUT2D eigenvalue weighted by Gasteiger charge is -2.15. The van der Waals surface area contributed by atoms with Crippen LogP contribution in [-0.4, -0.2) is 25.1 Å². The second-order valence-corrected chi connectivity index (χ2v) is 4.88. The van der Waals surface area contributed by atoms with E-state index in [-0.39, 0.29) is 23.6 Å². The molecule has 1 aliphatic rings. The monoisotopic (exact) mass is 284 g/mol. The second kappa shape index (κ2) is 6.65. The van der Waals surface area contributed by atoms with Crippen LogP contribution in [0, 0.1) is 5.92 Å². The van der Waals surface area contributed by atoms with Crippen LogP contribution in [0.4, 0.5) is 8.78 Å². The molecule has 0 saturated carbocycles. The van der Waals surface area contributed by atoms with Gasteiger partial charge in [-0.1, -0.05) is 12.1 Å². The van der Waals surface area contributed by atoms with E-state index < -0.39 is 6.61 Å². The van der Waals surface area contributed by atoms with Gasteiger partial charge in [-0.3, -0.25) is 4.79 Å². The van der Waals surface area contributed by atoms with Crippen molar-refractivity contribution in [2.75, 3.05) is 6.54 Å². The third-order valence-corrected chi connectivity index (χ3v) is 3.48. The van der Waals surface area contributed by atoms with Gasteiger partial charge >= 0.3 is 6.61 Å². The first-order valence-corrected chi connectivity index (χ1v) is 6.61. The van der Waals surface area contributed by atoms with Gasteiger partial charge < -0.3 is 15.4 Å². The van der Waals surface area contributed by atoms with Gasteiger partial charge in [0.1, 0.15) is 5.75 Å². The van der Waals surface area contributed by atoms with Crippen molar-refractivity contribution >= 4 is 5.91 Å². The summed E-state index contributed by atoms with van der Waals surface area (Å²) in [6.45, 7) is 0.417. The summed E-state index contributed by atoms with van der Waals surface area (Å²) >= 11 is 0. The van der Waals surface area contributed by atoms with Crippen LogP contribution < -0.4 is 15.4 Å². The van der Waals surface area contributed by atoms with Gasteiger partial charge in [-0.05, 0) is 37.6 Å². The van der Waals surface area contributed by atoms with Crippen molar-refractivity contribution in [1.82, 2.24) is 10.6 Å². The summed E-state index contributed by atoms with van der Waals surface area (Å²) in [5.41, 5.74) is 0.846. The summed E-state index contributed by atoms with van der Waals surface area (Å²) < 4.78 is 28.3. The molecule has 1 aromatic carbocycles. The number of nitrogens with one attached hydrogen (secondary N) is 2. The number of hydrogen-bond acceptors (Lipinski definition) is 3. The SMILES string of the molecule is CC1NCCC1C(=O)NCc1ccc(OC(F)F)cc1. The predicted molar refractivity (Wildman–Crippen MR) is 70.5 cm³/mol. The van der Waals surface area contributed by atoms with E-state index in [1.54, 1.807) is 12.1 Å². The molecule has 2 unspecified atom stereocenters. The number of carbonyl (C=O) groups is 1. The Hall–Kier alpha value is -1.69. The molecular weight excluding hydrogens is 266 g/mol. The summed E-state index contributed by atoms with van der Waals surface area (Å²) in [6, 6.07) is 6.44. The average Bonchev–Trinajstić information content (AvgIpc) is 2.83. The topological polar surface area (TPSA) is 50.4 Å². The standard InChI is InChI=1S/C14H18F2N2O2/c1-9-12(6-7-17-9)13(19)18-8-10-2-4-11(5-3-10)20-14(15)16/h2-5,9,12,14,17H,6-8H2,1H3,(H,18,19). The van der Waals surface area contributed by atoms with E-state index in [9.17, 15) is 13.6 Å². The minimum atomic E-state index is -2.82. The molecule has 4 nitrogen and oxygen atoms in total. The fourth-order valence-corrected chi connectivity index (χ4v) is 2.33. The van der Waals surface area contributed by atoms with Crippen LogP contribution in [0.2, 0.25) is 0 Å². The third-order valence-electron chi connectivity index (χ3n) is 3.48. The molecule has 110 valence electrons. The van der Waals surface area contributed by atoms with E-state index in [1.807, 2.05) is 6.92 Å². The summed E-state index contributed by atoms with van der Waals surface area (Å²) in [5.74, 6) is 0.135. The zero-order valence-electron chi connectivity index (χ0n) is 11.2. The number of amides is 1. The quantitative estimate of drug-likeness (QED) is 0.868. The molecule has 0 aliphatic carbocycles. The van der Waals surface area contributed by atoms with E-state index in [0.717, 1.165) is 18.5 Å². The van der Waals surface area contributed by atoms with Crippen molar-refractivity contribution in [3.05, 3.63) is 29.8 Å². The first kappa shape index (κ1) is 14.7. The highest BCUT2D eigenvalue weighted by Crippen LogP contribution is 2.17. The smallest absolute Gasteiger partial charge is 0.387 e. The van der Waals surface area contributed by atoms with Crippen LogP contribution in [0.25, 0.3) is 0 Å². The number of halogens is 2. The number of rotatable bonds is 5. The molecule has 2 N–H and O–H groups in total. The highest BCUT2D eigenvalue weighted by Gasteiger charge is 2.28. The molecule has 2 atom stereocenters. The normalized spacial score (nSPS) is 22.0. The highest BCUT2D eigenvalue weighted by atomic mass is 19.3. The van der Waals surface area contributed by atoms with E-state index in [2.05, 4.69) is 15.4 Å². The Labute approximate surface area is 116 Å². The van der Waals surface area contributed by atoms with Crippen LogP contribution in [0.3, 0.4) is 0 Å². The number of benzene rings is 1. The molecule has 0 bridgehead atoms. The number of ether oxygens (including phenoxy) is 1. The van der Waals surface area contributed by atoms with Crippen molar-refractivity contribution in [1.29, 1.82) is 0 Å². The van der Waals surface area contributed by atoms with Gasteiger partial charge in [0.05, 0.1) is 5.92 Å². The van der Waals surface area contributed by atoms with Crippen molar-refractivity contribution in [2.45, 2.75) is 32.5 Å². The van der Waals surface area contributed by atoms with Gasteiger partial charge in [-0.15, -0.1) is 0 Å². The first-order valence-electron chi connectivity index (χ1n) is 6.61. The lowest BCUT2D eigenvalue weighted by atomic mass is 10.0. The van der Waals surface area contributed by atoms with Crippen LogP contribution in [0.5, 0.6) is 5.75 Å². The van der Waals surface area contributed by atoms with Crippen LogP contribution in [0.1, 0.15) is 18.9 Å². The lowest BCUT2D eigenvalue weighted by Crippen LogP contribution is -2.36. The molecule has 0 aromatic heterocycles. The minimum absolute atomic E-state index is 0.00330. The number of carbonyl (C=O) groups excluding carboxylic acids is 1. The Kier molecular flexibility index (Phi) is 4.89. The molecule has 0 spiro atoms. The van der Waals surface area contributed by atoms with Gasteiger partial charge in [0, 0.05) is 12.6 Å². The highest BCUT2D eigenvalue weighted by molar-refractivity contribution is 5.79. The Balaban J connectivity index is 1.83. The molecule has 1 saturated heterocycles. The van der Waals surface area contributed by atoms with Gasteiger partial charge in [0.25, 0.3) is 0 Å². The molecule has 6 heteroatoms. The fourth-order valence-electron chi connectivity index (χ4n) is 2.33. The molecule has 1 amide bonds. The van der Waals surface area contributed by atoms with Gasteiger partial charge in [-0.2, -0.15) is 8.78 Å². The molecule has 1 fully saturated rings. The maximum atomic E-state index is 12.0. The average molecular weight is 284 g/mol. The predicted octanol–water partition coefficient (Wildman–Crippen LogP) is 1.90. The molecule has 2 rings (SSSR count). The second-order valence-electron chi connectivity index (χ2n) is 4.88. The summed E-state index contributed by atoms with van der Waals surface area (Å²) in [6.07, 6.45) is 0.841. The maximum absolute atomic E-state index is 12.0. The lowest BCUT2D eigenvalue weighted by molar-refractivity contribution is -0.125. The number of alkyl halides is 2. The number of hydrogen-bond donors (Lipinski definition) is 2. The van der Waals surface area contributed by atoms with Crippen LogP contribution in [0.15, 0.2) is 24.3 Å². The summed E-state index contributed by atoms with van der Waals surface area (Å²) in [5, 5.41) is 6.09. The molecule has 1 aliphatic heterocycles. The Bertz CT molecular complexity index is 451. The molecule has 1 heterocycles. The third kappa shape index (κ3) is 3.90. The largest absolute Gasteiger partial charge is 0.435 e. The Morgan fingerprint density at radius 2 is 2.15 bits per heavy atom. The van der Waals surface area contributed by atoms with Crippen LogP contribution >= 0.6 is 0 Å². The van der Waals surface area contributed by atoms with E-state index in [4.69, 9.17) is 0 Å². The van der Waals surface area contributed by atoms with E-state index >= 15 is 0 Å². The summed E-state index contributed by atoms with van der Waals surface area (Å²) in [4.78, 5) is 12.0. The van der Waals surface area contributed by atoms with Gasteiger partial charge in [-0.25, -0.2) is 0 Å². The van der Waals surface area contributed by atoms with E-state index in [0.29, 0.717) is 6.54 Å². The minimum Gasteiger partial charge on any atom is -0.435 e. The molecule has 20 heavy (non-hydrogen) atoms. The van der Waals surface area contributed by atoms with Crippen molar-refractivity contribution in [2.24, 2.45) is 5.92 Å². The first-order chi connectivity index (χ1) is 9.56. The van der Waals surface area contributed by atoms with Crippen molar-refractivity contribution in [3.63, 3.8) is 0 Å². The van der Waals surface area contributed by atoms with Gasteiger partial charge in [0.15, 0.2) is 0 Å². The zero-order chi connectivity index (χ0) is 14.5. The Morgan fingerprint density at radius 3 is 2.70 bits per heavy atom. The molecule has 0 radical (unpaired) electrons. The fraction of sp³-hybridized carbons (Fsp3) is 0.500. The Morgan fingerprint density at radius 1 is 1.45 bits per heavy atom.